The molecule has 2 aromatic rings. The van der Waals surface area contributed by atoms with Crippen LogP contribution in [0.5, 0.6) is 0 Å². The number of hydrogen-bond acceptors (Lipinski definition) is 4. The van der Waals surface area contributed by atoms with Crippen molar-refractivity contribution in [3.8, 4) is 0 Å². The molecule has 0 aliphatic carbocycles. The highest BCUT2D eigenvalue weighted by molar-refractivity contribution is 7.99. The van der Waals surface area contributed by atoms with Crippen LogP contribution in [0.25, 0.3) is 0 Å². The van der Waals surface area contributed by atoms with Crippen LogP contribution in [0, 0.1) is 13.8 Å². The molecule has 5 nitrogen and oxygen atoms in total. The van der Waals surface area contributed by atoms with Gasteiger partial charge in [-0.3, -0.25) is 14.3 Å². The van der Waals surface area contributed by atoms with Crippen molar-refractivity contribution in [2.75, 3.05) is 12.3 Å². The molecule has 6 heteroatoms. The summed E-state index contributed by atoms with van der Waals surface area (Å²) in [5.41, 5.74) is 1.70. The minimum Gasteiger partial charge on any atom is -0.349 e. The lowest BCUT2D eigenvalue weighted by molar-refractivity contribution is -0.117. The van der Waals surface area contributed by atoms with Crippen molar-refractivity contribution in [2.45, 2.75) is 25.2 Å². The minimum atomic E-state index is -0.561. The van der Waals surface area contributed by atoms with Crippen molar-refractivity contribution in [3.05, 3.63) is 47.3 Å². The number of amides is 1. The first-order valence-electron chi connectivity index (χ1n) is 7.51. The lowest BCUT2D eigenvalue weighted by Gasteiger charge is -2.05. The van der Waals surface area contributed by atoms with Crippen molar-refractivity contribution in [3.63, 3.8) is 0 Å². The summed E-state index contributed by atoms with van der Waals surface area (Å²) in [5, 5.41) is 6.86. The summed E-state index contributed by atoms with van der Waals surface area (Å²) in [4.78, 5) is 25.4. The summed E-state index contributed by atoms with van der Waals surface area (Å²) in [5.74, 6) is -0.179. The van der Waals surface area contributed by atoms with Crippen LogP contribution >= 0.6 is 11.8 Å². The van der Waals surface area contributed by atoms with E-state index in [2.05, 4.69) is 22.5 Å². The molecule has 2 rings (SSSR count). The van der Waals surface area contributed by atoms with E-state index in [1.165, 1.54) is 4.90 Å². The van der Waals surface area contributed by atoms with Crippen molar-refractivity contribution >= 4 is 23.5 Å². The first-order valence-corrected chi connectivity index (χ1v) is 8.50. The third-order valence-electron chi connectivity index (χ3n) is 3.56. The number of ketones is 1. The lowest BCUT2D eigenvalue weighted by atomic mass is 10.1. The molecule has 1 heterocycles. The largest absolute Gasteiger partial charge is 0.349 e. The fourth-order valence-electron chi connectivity index (χ4n) is 2.28. The Kier molecular flexibility index (Phi) is 5.98. The molecule has 0 saturated heterocycles. The number of rotatable bonds is 7. The molecule has 0 fully saturated rings. The molecule has 0 unspecified atom stereocenters. The molecule has 0 radical (unpaired) electrons. The lowest BCUT2D eigenvalue weighted by Crippen LogP contribution is -2.32. The van der Waals surface area contributed by atoms with Gasteiger partial charge in [-0.25, -0.2) is 0 Å². The van der Waals surface area contributed by atoms with E-state index in [1.807, 2.05) is 18.2 Å². The molecule has 1 aromatic carbocycles. The van der Waals surface area contributed by atoms with Gasteiger partial charge in [-0.1, -0.05) is 18.2 Å². The standard InChI is InChI=1S/C17H21N3O2S/c1-12-15(13(2)20(3)19-12)16(21)17(22)18-10-7-11-23-14-8-5-4-6-9-14/h4-6,8-9H,7,10-11H2,1-3H3,(H,18,22). The highest BCUT2D eigenvalue weighted by Gasteiger charge is 2.23. The van der Waals surface area contributed by atoms with Crippen LogP contribution in [-0.2, 0) is 11.8 Å². The molecule has 0 bridgehead atoms. The smallest absolute Gasteiger partial charge is 0.292 e. The predicted molar refractivity (Wildman–Crippen MR) is 91.8 cm³/mol. The summed E-state index contributed by atoms with van der Waals surface area (Å²) >= 11 is 1.74. The van der Waals surface area contributed by atoms with Crippen LogP contribution in [0.15, 0.2) is 35.2 Å². The van der Waals surface area contributed by atoms with E-state index in [-0.39, 0.29) is 0 Å². The highest BCUT2D eigenvalue weighted by Crippen LogP contribution is 2.17. The molecule has 122 valence electrons. The van der Waals surface area contributed by atoms with E-state index in [1.54, 1.807) is 37.3 Å². The molecule has 1 aromatic heterocycles. The van der Waals surface area contributed by atoms with Crippen molar-refractivity contribution in [1.29, 1.82) is 0 Å². The van der Waals surface area contributed by atoms with Gasteiger partial charge < -0.3 is 5.32 Å². The normalized spacial score (nSPS) is 10.6. The SMILES string of the molecule is Cc1nn(C)c(C)c1C(=O)C(=O)NCCCSc1ccccc1. The Hall–Kier alpha value is -2.08. The van der Waals surface area contributed by atoms with Crippen molar-refractivity contribution < 1.29 is 9.59 Å². The number of aryl methyl sites for hydroxylation is 2. The average Bonchev–Trinajstić information content (AvgIpc) is 2.80. The molecule has 1 N–H and O–H groups in total. The number of hydrogen-bond donors (Lipinski definition) is 1. The van der Waals surface area contributed by atoms with Gasteiger partial charge in [0.1, 0.15) is 0 Å². The van der Waals surface area contributed by atoms with Crippen LogP contribution < -0.4 is 5.32 Å². The fraction of sp³-hybridized carbons (Fsp3) is 0.353. The molecule has 0 saturated carbocycles. The van der Waals surface area contributed by atoms with Crippen molar-refractivity contribution in [1.82, 2.24) is 15.1 Å². The second-order valence-electron chi connectivity index (χ2n) is 5.27. The van der Waals surface area contributed by atoms with Gasteiger partial charge in [-0.05, 0) is 38.2 Å². The third-order valence-corrected chi connectivity index (χ3v) is 4.66. The van der Waals surface area contributed by atoms with Gasteiger partial charge in [-0.15, -0.1) is 11.8 Å². The Balaban J connectivity index is 1.77. The number of nitrogens with one attached hydrogen (secondary N) is 1. The Labute approximate surface area is 140 Å². The maximum Gasteiger partial charge on any atom is 0.292 e. The molecule has 0 aliphatic heterocycles. The number of nitrogens with zero attached hydrogens (tertiary/aromatic N) is 2. The van der Waals surface area contributed by atoms with Gasteiger partial charge >= 0.3 is 0 Å². The van der Waals surface area contributed by atoms with Crippen LogP contribution in [0.3, 0.4) is 0 Å². The molecule has 1 amide bonds. The number of carbonyl (C=O) groups is 2. The van der Waals surface area contributed by atoms with E-state index in [0.29, 0.717) is 23.5 Å². The summed E-state index contributed by atoms with van der Waals surface area (Å²) in [6, 6.07) is 10.1. The van der Waals surface area contributed by atoms with Gasteiger partial charge in [-0.2, -0.15) is 5.10 Å². The number of carbonyl (C=O) groups excluding carboxylic acids is 2. The zero-order valence-corrected chi connectivity index (χ0v) is 14.4. The van der Waals surface area contributed by atoms with E-state index in [0.717, 1.165) is 12.2 Å². The Morgan fingerprint density at radius 1 is 1.22 bits per heavy atom. The van der Waals surface area contributed by atoms with Crippen molar-refractivity contribution in [2.24, 2.45) is 7.05 Å². The van der Waals surface area contributed by atoms with Crippen LogP contribution in [-0.4, -0.2) is 33.8 Å². The van der Waals surface area contributed by atoms with E-state index in [9.17, 15) is 9.59 Å². The molecule has 0 atom stereocenters. The molecular formula is C17H21N3O2S. The molecule has 23 heavy (non-hydrogen) atoms. The highest BCUT2D eigenvalue weighted by atomic mass is 32.2. The number of aromatic nitrogens is 2. The van der Waals surface area contributed by atoms with Gasteiger partial charge in [0.15, 0.2) is 0 Å². The quantitative estimate of drug-likeness (QED) is 0.366. The Morgan fingerprint density at radius 3 is 2.52 bits per heavy atom. The first kappa shape index (κ1) is 17.3. The number of thioether (sulfide) groups is 1. The average molecular weight is 331 g/mol. The second-order valence-corrected chi connectivity index (χ2v) is 6.44. The van der Waals surface area contributed by atoms with Crippen LogP contribution in [0.4, 0.5) is 0 Å². The maximum atomic E-state index is 12.2. The Morgan fingerprint density at radius 2 is 1.91 bits per heavy atom. The summed E-state index contributed by atoms with van der Waals surface area (Å²) in [6.45, 7) is 4.02. The van der Waals surface area contributed by atoms with E-state index < -0.39 is 11.7 Å². The maximum absolute atomic E-state index is 12.2. The second kappa shape index (κ2) is 7.97. The zero-order chi connectivity index (χ0) is 16.8. The third kappa shape index (κ3) is 4.45. The molecular weight excluding hydrogens is 310 g/mol. The summed E-state index contributed by atoms with van der Waals surface area (Å²) < 4.78 is 1.62. The van der Waals surface area contributed by atoms with Gasteiger partial charge in [0, 0.05) is 24.2 Å². The van der Waals surface area contributed by atoms with E-state index >= 15 is 0 Å². The molecule has 0 spiro atoms. The van der Waals surface area contributed by atoms with Gasteiger partial charge in [0.2, 0.25) is 0 Å². The van der Waals surface area contributed by atoms with E-state index in [4.69, 9.17) is 0 Å². The van der Waals surface area contributed by atoms with Gasteiger partial charge in [0.25, 0.3) is 11.7 Å². The van der Waals surface area contributed by atoms with Crippen LogP contribution in [0.2, 0.25) is 0 Å². The summed E-state index contributed by atoms with van der Waals surface area (Å²) in [6.07, 6.45) is 0.809. The first-order chi connectivity index (χ1) is 11.0. The van der Waals surface area contributed by atoms with Gasteiger partial charge in [0.05, 0.1) is 11.3 Å². The predicted octanol–water partition coefficient (Wildman–Crippen LogP) is 2.52. The zero-order valence-electron chi connectivity index (χ0n) is 13.6. The minimum absolute atomic E-state index is 0.406. The topological polar surface area (TPSA) is 64.0 Å². The molecule has 0 aliphatic rings. The monoisotopic (exact) mass is 331 g/mol. The Bertz CT molecular complexity index is 695. The van der Waals surface area contributed by atoms with Crippen LogP contribution in [0.1, 0.15) is 28.2 Å². The fourth-order valence-corrected chi connectivity index (χ4v) is 3.15. The summed E-state index contributed by atoms with van der Waals surface area (Å²) in [7, 11) is 1.76. The number of Topliss-reactive ketones (excluding diaryl/α,β-unsaturated/α-hetero) is 1. The number of benzene rings is 1.